The Kier molecular flexibility index (Phi) is 5.52. The number of aryl methyl sites for hydroxylation is 1. The third-order valence-corrected chi connectivity index (χ3v) is 5.73. The summed E-state index contributed by atoms with van der Waals surface area (Å²) in [5, 5.41) is 3.20. The fourth-order valence-electron chi connectivity index (χ4n) is 2.13. The van der Waals surface area contributed by atoms with E-state index in [2.05, 4.69) is 10.3 Å². The Balaban J connectivity index is 2.55. The lowest BCUT2D eigenvalue weighted by Gasteiger charge is -2.17. The molecule has 0 radical (unpaired) electrons. The Hall–Kier alpha value is -1.05. The van der Waals surface area contributed by atoms with Crippen molar-refractivity contribution in [3.05, 3.63) is 23.3 Å². The van der Waals surface area contributed by atoms with Crippen molar-refractivity contribution >= 4 is 43.6 Å². The molecular formula is C14H17ClN2O3S2. The highest BCUT2D eigenvalue weighted by Crippen LogP contribution is 2.31. The van der Waals surface area contributed by atoms with Gasteiger partial charge in [-0.2, -0.15) is 0 Å². The van der Waals surface area contributed by atoms with E-state index in [-0.39, 0.29) is 10.5 Å². The van der Waals surface area contributed by atoms with E-state index in [0.29, 0.717) is 16.5 Å². The lowest BCUT2D eigenvalue weighted by molar-refractivity contribution is 0.108. The monoisotopic (exact) mass is 360 g/mol. The minimum absolute atomic E-state index is 0.105. The number of nitrogens with one attached hydrogen (secondary N) is 1. The summed E-state index contributed by atoms with van der Waals surface area (Å²) in [6.07, 6.45) is 2.67. The molecule has 0 bridgehead atoms. The molecule has 8 heteroatoms. The highest BCUT2D eigenvalue weighted by atomic mass is 35.5. The zero-order chi connectivity index (χ0) is 16.3. The van der Waals surface area contributed by atoms with Gasteiger partial charge in [-0.25, -0.2) is 8.42 Å². The number of benzene rings is 1. The first-order chi connectivity index (χ1) is 10.3. The smallest absolute Gasteiger partial charge is 0.252 e. The van der Waals surface area contributed by atoms with Crippen molar-refractivity contribution < 1.29 is 13.2 Å². The number of nitrogens with zero attached hydrogens (tertiary/aromatic N) is 1. The van der Waals surface area contributed by atoms with Gasteiger partial charge in [-0.15, -0.1) is 0 Å². The summed E-state index contributed by atoms with van der Waals surface area (Å²) < 4.78 is 24.1. The molecule has 2 rings (SSSR count). The summed E-state index contributed by atoms with van der Waals surface area (Å²) in [6, 6.07) is 3.09. The molecule has 5 nitrogen and oxygen atoms in total. The highest BCUT2D eigenvalue weighted by molar-refractivity contribution is 8.14. The first-order valence-corrected chi connectivity index (χ1v) is 9.94. The van der Waals surface area contributed by atoms with Crippen LogP contribution >= 0.6 is 23.4 Å². The average molecular weight is 361 g/mol. The molecule has 1 aliphatic heterocycles. The fourth-order valence-corrected chi connectivity index (χ4v) is 4.54. The van der Waals surface area contributed by atoms with Gasteiger partial charge in [0, 0.05) is 29.8 Å². The second-order valence-electron chi connectivity index (χ2n) is 4.92. The number of hydrogen-bond donors (Lipinski definition) is 1. The van der Waals surface area contributed by atoms with Crippen LogP contribution in [0.5, 0.6) is 0 Å². The van der Waals surface area contributed by atoms with Gasteiger partial charge in [0.1, 0.15) is 0 Å². The molecule has 0 fully saturated rings. The van der Waals surface area contributed by atoms with Gasteiger partial charge in [-0.1, -0.05) is 18.7 Å². The van der Waals surface area contributed by atoms with Crippen molar-refractivity contribution in [2.24, 2.45) is 4.99 Å². The number of carbonyl (C=O) groups excluding carboxylic acids is 1. The zero-order valence-electron chi connectivity index (χ0n) is 12.3. The molecule has 0 aliphatic carbocycles. The number of carbonyl (C=O) groups is 1. The van der Waals surface area contributed by atoms with Gasteiger partial charge >= 0.3 is 0 Å². The number of amidine groups is 1. The number of rotatable bonds is 4. The Morgan fingerprint density at radius 3 is 2.68 bits per heavy atom. The largest absolute Gasteiger partial charge is 0.365 e. The van der Waals surface area contributed by atoms with Gasteiger partial charge in [0.2, 0.25) is 0 Å². The maximum Gasteiger partial charge on any atom is 0.252 e. The van der Waals surface area contributed by atoms with E-state index in [1.165, 1.54) is 17.8 Å². The summed E-state index contributed by atoms with van der Waals surface area (Å²) in [5.74, 6) is 0. The van der Waals surface area contributed by atoms with Crippen LogP contribution in [-0.4, -0.2) is 38.2 Å². The first kappa shape index (κ1) is 17.3. The third kappa shape index (κ3) is 4.02. The van der Waals surface area contributed by atoms with Crippen LogP contribution in [0.2, 0.25) is 0 Å². The normalized spacial score (nSPS) is 15.1. The van der Waals surface area contributed by atoms with Crippen LogP contribution in [0.4, 0.5) is 0 Å². The molecule has 0 spiro atoms. The van der Waals surface area contributed by atoms with Crippen molar-refractivity contribution in [2.45, 2.75) is 29.6 Å². The van der Waals surface area contributed by atoms with Gasteiger partial charge in [0.15, 0.2) is 15.0 Å². The van der Waals surface area contributed by atoms with Crippen molar-refractivity contribution in [1.82, 2.24) is 5.32 Å². The van der Waals surface area contributed by atoms with Crippen LogP contribution in [-0.2, 0) is 16.3 Å². The molecule has 1 heterocycles. The summed E-state index contributed by atoms with van der Waals surface area (Å²) >= 11 is 6.85. The van der Waals surface area contributed by atoms with Gasteiger partial charge < -0.3 is 5.32 Å². The molecular weight excluding hydrogens is 344 g/mol. The SMILES string of the molecule is CCc1cc(SC2=NCCCN2)c(S(C)(=O)=O)cc1C(=O)Cl. The molecule has 0 saturated heterocycles. The van der Waals surface area contributed by atoms with E-state index in [1.54, 1.807) is 6.07 Å². The van der Waals surface area contributed by atoms with Crippen LogP contribution in [0.1, 0.15) is 29.3 Å². The number of hydrogen-bond acceptors (Lipinski definition) is 6. The Bertz CT molecular complexity index is 730. The van der Waals surface area contributed by atoms with Gasteiger partial charge in [-0.05, 0) is 42.1 Å². The van der Waals surface area contributed by atoms with Crippen LogP contribution < -0.4 is 5.32 Å². The average Bonchev–Trinajstić information content (AvgIpc) is 2.46. The molecule has 0 amide bonds. The second-order valence-corrected chi connectivity index (χ2v) is 8.28. The van der Waals surface area contributed by atoms with Gasteiger partial charge in [0.05, 0.1) is 4.90 Å². The Morgan fingerprint density at radius 1 is 1.45 bits per heavy atom. The Labute approximate surface area is 139 Å². The highest BCUT2D eigenvalue weighted by Gasteiger charge is 2.21. The molecule has 0 aromatic heterocycles. The van der Waals surface area contributed by atoms with Crippen LogP contribution in [0.15, 0.2) is 26.9 Å². The topological polar surface area (TPSA) is 75.6 Å². The summed E-state index contributed by atoms with van der Waals surface area (Å²) in [4.78, 5) is 16.5. The van der Waals surface area contributed by atoms with E-state index in [9.17, 15) is 13.2 Å². The van der Waals surface area contributed by atoms with Crippen molar-refractivity contribution in [2.75, 3.05) is 19.3 Å². The van der Waals surface area contributed by atoms with E-state index in [0.717, 1.165) is 31.3 Å². The lowest BCUT2D eigenvalue weighted by atomic mass is 10.1. The summed E-state index contributed by atoms with van der Waals surface area (Å²) in [5.41, 5.74) is 0.971. The standard InChI is InChI=1S/C14H17ClN2O3S2/c1-3-9-7-11(21-14-16-5-4-6-17-14)12(22(2,19)20)8-10(9)13(15)18/h7-8H,3-6H2,1-2H3,(H,16,17). The van der Waals surface area contributed by atoms with E-state index in [1.807, 2.05) is 6.92 Å². The molecule has 0 saturated carbocycles. The second kappa shape index (κ2) is 7.02. The lowest BCUT2D eigenvalue weighted by Crippen LogP contribution is -2.26. The number of aliphatic imine (C=N–C) groups is 1. The molecule has 0 unspecified atom stereocenters. The number of halogens is 1. The number of thioether (sulfide) groups is 1. The maximum atomic E-state index is 12.0. The third-order valence-electron chi connectivity index (χ3n) is 3.23. The summed E-state index contributed by atoms with van der Waals surface area (Å²) in [7, 11) is -3.48. The quantitative estimate of drug-likeness (QED) is 0.835. The molecule has 1 N–H and O–H groups in total. The van der Waals surface area contributed by atoms with E-state index in [4.69, 9.17) is 11.6 Å². The maximum absolute atomic E-state index is 12.0. The molecule has 1 aliphatic rings. The fraction of sp³-hybridized carbons (Fsp3) is 0.429. The Morgan fingerprint density at radius 2 is 2.18 bits per heavy atom. The molecule has 1 aromatic rings. The minimum Gasteiger partial charge on any atom is -0.365 e. The van der Waals surface area contributed by atoms with Crippen LogP contribution in [0, 0.1) is 0 Å². The minimum atomic E-state index is -3.48. The molecule has 1 aromatic carbocycles. The van der Waals surface area contributed by atoms with Crippen molar-refractivity contribution in [3.8, 4) is 0 Å². The van der Waals surface area contributed by atoms with Gasteiger partial charge in [-0.3, -0.25) is 9.79 Å². The van der Waals surface area contributed by atoms with Crippen molar-refractivity contribution in [1.29, 1.82) is 0 Å². The van der Waals surface area contributed by atoms with E-state index < -0.39 is 15.1 Å². The molecule has 22 heavy (non-hydrogen) atoms. The molecule has 120 valence electrons. The van der Waals surface area contributed by atoms with Crippen LogP contribution in [0.3, 0.4) is 0 Å². The molecule has 0 atom stereocenters. The zero-order valence-corrected chi connectivity index (χ0v) is 14.7. The van der Waals surface area contributed by atoms with Crippen LogP contribution in [0.25, 0.3) is 0 Å². The predicted octanol–water partition coefficient (Wildman–Crippen LogP) is 2.47. The van der Waals surface area contributed by atoms with Crippen molar-refractivity contribution in [3.63, 3.8) is 0 Å². The van der Waals surface area contributed by atoms with E-state index >= 15 is 0 Å². The first-order valence-electron chi connectivity index (χ1n) is 6.86. The predicted molar refractivity (Wildman–Crippen MR) is 89.9 cm³/mol. The van der Waals surface area contributed by atoms with Gasteiger partial charge in [0.25, 0.3) is 5.24 Å². The summed E-state index contributed by atoms with van der Waals surface area (Å²) in [6.45, 7) is 3.44. The number of sulfone groups is 1.